The minimum absolute atomic E-state index is 0.311. The quantitative estimate of drug-likeness (QED) is 0.851. The molecule has 2 aromatic rings. The van der Waals surface area contributed by atoms with E-state index in [2.05, 4.69) is 51.8 Å². The van der Waals surface area contributed by atoms with Gasteiger partial charge in [0, 0.05) is 34.0 Å². The van der Waals surface area contributed by atoms with Gasteiger partial charge in [-0.15, -0.1) is 0 Å². The van der Waals surface area contributed by atoms with Crippen molar-refractivity contribution in [3.8, 4) is 6.07 Å². The van der Waals surface area contributed by atoms with Crippen molar-refractivity contribution in [3.05, 3.63) is 34.9 Å². The van der Waals surface area contributed by atoms with Crippen molar-refractivity contribution in [2.45, 2.75) is 26.3 Å². The number of anilines is 1. The molecule has 0 radical (unpaired) electrons. The van der Waals surface area contributed by atoms with Gasteiger partial charge >= 0.3 is 0 Å². The lowest BCUT2D eigenvalue weighted by molar-refractivity contribution is 0.680. The zero-order valence-corrected chi connectivity index (χ0v) is 12.7. The molecule has 2 rings (SSSR count). The number of hydrogen-bond acceptors (Lipinski definition) is 3. The Morgan fingerprint density at radius 1 is 1.32 bits per heavy atom. The van der Waals surface area contributed by atoms with Crippen molar-refractivity contribution in [3.63, 3.8) is 0 Å². The molecule has 0 aliphatic carbocycles. The normalized spacial score (nSPS) is 10.7. The third kappa shape index (κ3) is 2.87. The molecule has 1 aromatic carbocycles. The number of fused-ring (bicyclic) bond motifs is 1. The highest BCUT2D eigenvalue weighted by Crippen LogP contribution is 2.30. The molecule has 4 heteroatoms. The van der Waals surface area contributed by atoms with E-state index in [-0.39, 0.29) is 0 Å². The Balaban J connectivity index is 2.54. The predicted molar refractivity (Wildman–Crippen MR) is 82.2 cm³/mol. The molecule has 0 saturated carbocycles. The molecule has 0 amide bonds. The third-order valence-corrected chi connectivity index (χ3v) is 3.78. The third-order valence-electron chi connectivity index (χ3n) is 3.09. The van der Waals surface area contributed by atoms with E-state index in [4.69, 9.17) is 5.26 Å². The van der Waals surface area contributed by atoms with Gasteiger partial charge in [0.2, 0.25) is 0 Å². The number of benzene rings is 1. The van der Waals surface area contributed by atoms with Gasteiger partial charge < -0.3 is 4.90 Å². The lowest BCUT2D eigenvalue weighted by atomic mass is 10.1. The highest BCUT2D eigenvalue weighted by molar-refractivity contribution is 9.10. The Hall–Kier alpha value is -1.60. The van der Waals surface area contributed by atoms with Crippen molar-refractivity contribution in [2.75, 3.05) is 11.4 Å². The fourth-order valence-electron chi connectivity index (χ4n) is 2.16. The molecule has 0 spiro atoms. The summed E-state index contributed by atoms with van der Waals surface area (Å²) in [5, 5.41) is 11.1. The van der Waals surface area contributed by atoms with Crippen LogP contribution in [0.4, 0.5) is 5.82 Å². The van der Waals surface area contributed by atoms with Crippen LogP contribution in [0.2, 0.25) is 0 Å². The summed E-state index contributed by atoms with van der Waals surface area (Å²) in [6.45, 7) is 4.94. The second-order valence-electron chi connectivity index (χ2n) is 4.66. The first-order valence-corrected chi connectivity index (χ1v) is 7.11. The van der Waals surface area contributed by atoms with Crippen LogP contribution in [-0.4, -0.2) is 17.6 Å². The van der Waals surface area contributed by atoms with Gasteiger partial charge in [-0.25, -0.2) is 4.98 Å². The second kappa shape index (κ2) is 6.03. The predicted octanol–water partition coefficient (Wildman–Crippen LogP) is 4.13. The van der Waals surface area contributed by atoms with E-state index in [1.165, 1.54) is 0 Å². The van der Waals surface area contributed by atoms with Crippen LogP contribution >= 0.6 is 15.9 Å². The van der Waals surface area contributed by atoms with Crippen LogP contribution in [0.25, 0.3) is 10.8 Å². The molecule has 0 unspecified atom stereocenters. The SMILES string of the molecule is CC(C)N(CCC#N)c1nccc2c(Br)cccc12. The van der Waals surface area contributed by atoms with E-state index >= 15 is 0 Å². The standard InChI is InChI=1S/C15H16BrN3/c1-11(2)19(10-4-8-17)15-13-5-3-6-14(16)12(13)7-9-18-15/h3,5-7,9,11H,4,10H2,1-2H3. The minimum Gasteiger partial charge on any atom is -0.353 e. The Kier molecular flexibility index (Phi) is 4.39. The number of nitrogens with zero attached hydrogens (tertiary/aromatic N) is 3. The Morgan fingerprint density at radius 3 is 2.79 bits per heavy atom. The lowest BCUT2D eigenvalue weighted by Gasteiger charge is -2.28. The first-order valence-electron chi connectivity index (χ1n) is 6.32. The van der Waals surface area contributed by atoms with Gasteiger partial charge in [0.05, 0.1) is 12.5 Å². The van der Waals surface area contributed by atoms with Crippen LogP contribution in [0.15, 0.2) is 34.9 Å². The smallest absolute Gasteiger partial charge is 0.136 e. The van der Waals surface area contributed by atoms with E-state index in [0.29, 0.717) is 19.0 Å². The Bertz CT molecular complexity index is 616. The van der Waals surface area contributed by atoms with Crippen molar-refractivity contribution in [1.82, 2.24) is 4.98 Å². The molecule has 19 heavy (non-hydrogen) atoms. The van der Waals surface area contributed by atoms with Crippen molar-refractivity contribution < 1.29 is 0 Å². The fourth-order valence-corrected chi connectivity index (χ4v) is 2.66. The Labute approximate surface area is 122 Å². The van der Waals surface area contributed by atoms with Crippen molar-refractivity contribution in [2.24, 2.45) is 0 Å². The molecule has 1 aromatic heterocycles. The van der Waals surface area contributed by atoms with Crippen LogP contribution < -0.4 is 4.90 Å². The molecule has 0 N–H and O–H groups in total. The molecular formula is C15H16BrN3. The van der Waals surface area contributed by atoms with Crippen molar-refractivity contribution >= 4 is 32.5 Å². The Morgan fingerprint density at radius 2 is 2.11 bits per heavy atom. The number of halogens is 1. The van der Waals surface area contributed by atoms with Gasteiger partial charge in [0.15, 0.2) is 0 Å². The van der Waals surface area contributed by atoms with E-state index in [9.17, 15) is 0 Å². The average Bonchev–Trinajstić information content (AvgIpc) is 2.40. The maximum absolute atomic E-state index is 8.80. The largest absolute Gasteiger partial charge is 0.353 e. The molecule has 0 aliphatic heterocycles. The average molecular weight is 318 g/mol. The van der Waals surface area contributed by atoms with Crippen LogP contribution in [-0.2, 0) is 0 Å². The fraction of sp³-hybridized carbons (Fsp3) is 0.333. The van der Waals surface area contributed by atoms with Crippen LogP contribution in [0.5, 0.6) is 0 Å². The van der Waals surface area contributed by atoms with E-state index in [1.807, 2.05) is 24.4 Å². The maximum atomic E-state index is 8.80. The van der Waals surface area contributed by atoms with Gasteiger partial charge in [0.1, 0.15) is 5.82 Å². The van der Waals surface area contributed by atoms with E-state index in [1.54, 1.807) is 0 Å². The topological polar surface area (TPSA) is 39.9 Å². The molecule has 0 fully saturated rings. The van der Waals surface area contributed by atoms with Gasteiger partial charge in [-0.1, -0.05) is 28.1 Å². The highest BCUT2D eigenvalue weighted by Gasteiger charge is 2.15. The molecule has 98 valence electrons. The number of rotatable bonds is 4. The number of nitriles is 1. The van der Waals surface area contributed by atoms with Gasteiger partial charge in [-0.05, 0) is 26.0 Å². The minimum atomic E-state index is 0.311. The first-order chi connectivity index (χ1) is 9.15. The maximum Gasteiger partial charge on any atom is 0.136 e. The molecular weight excluding hydrogens is 302 g/mol. The molecule has 0 atom stereocenters. The molecule has 0 saturated heterocycles. The molecule has 0 bridgehead atoms. The monoisotopic (exact) mass is 317 g/mol. The van der Waals surface area contributed by atoms with E-state index in [0.717, 1.165) is 21.1 Å². The summed E-state index contributed by atoms with van der Waals surface area (Å²) < 4.78 is 1.07. The zero-order chi connectivity index (χ0) is 13.8. The summed E-state index contributed by atoms with van der Waals surface area (Å²) in [5.41, 5.74) is 0. The van der Waals surface area contributed by atoms with Crippen molar-refractivity contribution in [1.29, 1.82) is 5.26 Å². The highest BCUT2D eigenvalue weighted by atomic mass is 79.9. The van der Waals surface area contributed by atoms with Crippen LogP contribution in [0.3, 0.4) is 0 Å². The van der Waals surface area contributed by atoms with Crippen LogP contribution in [0.1, 0.15) is 20.3 Å². The van der Waals surface area contributed by atoms with Crippen LogP contribution in [0, 0.1) is 11.3 Å². The first kappa shape index (κ1) is 13.8. The molecule has 1 heterocycles. The number of hydrogen-bond donors (Lipinski definition) is 0. The zero-order valence-electron chi connectivity index (χ0n) is 11.1. The lowest BCUT2D eigenvalue weighted by Crippen LogP contribution is -2.32. The summed E-state index contributed by atoms with van der Waals surface area (Å²) in [5.74, 6) is 0.948. The van der Waals surface area contributed by atoms with Gasteiger partial charge in [0.25, 0.3) is 0 Å². The summed E-state index contributed by atoms with van der Waals surface area (Å²) in [6, 6.07) is 10.6. The second-order valence-corrected chi connectivity index (χ2v) is 5.52. The summed E-state index contributed by atoms with van der Waals surface area (Å²) in [4.78, 5) is 6.70. The van der Waals surface area contributed by atoms with E-state index < -0.39 is 0 Å². The molecule has 0 aliphatic rings. The van der Waals surface area contributed by atoms with Gasteiger partial charge in [-0.3, -0.25) is 0 Å². The summed E-state index contributed by atoms with van der Waals surface area (Å²) >= 11 is 3.57. The number of pyridine rings is 1. The number of aromatic nitrogens is 1. The summed E-state index contributed by atoms with van der Waals surface area (Å²) in [6.07, 6.45) is 2.33. The van der Waals surface area contributed by atoms with Gasteiger partial charge in [-0.2, -0.15) is 5.26 Å². The summed E-state index contributed by atoms with van der Waals surface area (Å²) in [7, 11) is 0. The molecule has 3 nitrogen and oxygen atoms in total.